The van der Waals surface area contributed by atoms with Gasteiger partial charge in [0.15, 0.2) is 0 Å². The molecule has 2 aromatic rings. The van der Waals surface area contributed by atoms with Gasteiger partial charge in [0, 0.05) is 10.9 Å². The van der Waals surface area contributed by atoms with Gasteiger partial charge >= 0.3 is 0 Å². The molecule has 0 spiro atoms. The minimum Gasteiger partial charge on any atom is -0.393 e. The lowest BCUT2D eigenvalue weighted by atomic mass is 9.79. The number of hydrogen-bond donors (Lipinski definition) is 2. The Morgan fingerprint density at radius 3 is 2.45 bits per heavy atom. The van der Waals surface area contributed by atoms with Gasteiger partial charge in [0.25, 0.3) is 0 Å². The standard InChI is InChI=1S/C14H18ClN3O2/c1-10(11(2)19)14(20,7-18-9-16-8-17-18)12-3-5-13(15)6-4-12/h3-6,8-11,19-20H,7H2,1-2H3/t10-,11?,14?/m1/s1. The Bertz CT molecular complexity index is 542. The largest absolute Gasteiger partial charge is 0.393 e. The summed E-state index contributed by atoms with van der Waals surface area (Å²) in [5.41, 5.74) is -0.572. The van der Waals surface area contributed by atoms with Crippen molar-refractivity contribution >= 4 is 11.6 Å². The molecule has 0 saturated carbocycles. The molecule has 108 valence electrons. The third-order valence-corrected chi connectivity index (χ3v) is 3.94. The molecular weight excluding hydrogens is 278 g/mol. The van der Waals surface area contributed by atoms with Crippen molar-refractivity contribution in [2.24, 2.45) is 5.92 Å². The van der Waals surface area contributed by atoms with Crippen LogP contribution < -0.4 is 0 Å². The molecule has 0 bridgehead atoms. The number of aliphatic hydroxyl groups is 2. The second-order valence-corrected chi connectivity index (χ2v) is 5.49. The Morgan fingerprint density at radius 2 is 1.95 bits per heavy atom. The number of rotatable bonds is 5. The van der Waals surface area contributed by atoms with Gasteiger partial charge in [0.1, 0.15) is 18.3 Å². The van der Waals surface area contributed by atoms with Crippen LogP contribution in [0.15, 0.2) is 36.9 Å². The Labute approximate surface area is 122 Å². The van der Waals surface area contributed by atoms with Crippen LogP contribution >= 0.6 is 11.6 Å². The first-order valence-corrected chi connectivity index (χ1v) is 6.80. The Balaban J connectivity index is 2.40. The van der Waals surface area contributed by atoms with Crippen molar-refractivity contribution in [2.75, 3.05) is 0 Å². The van der Waals surface area contributed by atoms with E-state index in [0.29, 0.717) is 10.6 Å². The number of halogens is 1. The normalized spacial score (nSPS) is 17.4. The zero-order chi connectivity index (χ0) is 14.8. The molecule has 2 rings (SSSR count). The van der Waals surface area contributed by atoms with Crippen LogP contribution in [0.2, 0.25) is 5.02 Å². The highest BCUT2D eigenvalue weighted by Gasteiger charge is 2.39. The van der Waals surface area contributed by atoms with Crippen molar-refractivity contribution in [3.05, 3.63) is 47.5 Å². The second-order valence-electron chi connectivity index (χ2n) is 5.05. The van der Waals surface area contributed by atoms with Crippen LogP contribution in [-0.2, 0) is 12.1 Å². The van der Waals surface area contributed by atoms with E-state index in [9.17, 15) is 10.2 Å². The fraction of sp³-hybridized carbons (Fsp3) is 0.429. The molecule has 0 aliphatic rings. The van der Waals surface area contributed by atoms with Gasteiger partial charge in [-0.15, -0.1) is 0 Å². The maximum Gasteiger partial charge on any atom is 0.137 e. The molecule has 0 saturated heterocycles. The highest BCUT2D eigenvalue weighted by Crippen LogP contribution is 2.34. The fourth-order valence-electron chi connectivity index (χ4n) is 2.20. The minimum absolute atomic E-state index is 0.209. The van der Waals surface area contributed by atoms with Crippen molar-refractivity contribution in [1.82, 2.24) is 14.8 Å². The monoisotopic (exact) mass is 295 g/mol. The highest BCUT2D eigenvalue weighted by atomic mass is 35.5. The summed E-state index contributed by atoms with van der Waals surface area (Å²) in [6, 6.07) is 6.96. The van der Waals surface area contributed by atoms with E-state index in [1.165, 1.54) is 12.7 Å². The average molecular weight is 296 g/mol. The maximum atomic E-state index is 11.1. The molecule has 0 fully saturated rings. The van der Waals surface area contributed by atoms with E-state index in [1.54, 1.807) is 42.8 Å². The first-order valence-electron chi connectivity index (χ1n) is 6.42. The van der Waals surface area contributed by atoms with Crippen LogP contribution in [-0.4, -0.2) is 31.1 Å². The van der Waals surface area contributed by atoms with Crippen LogP contribution in [0.4, 0.5) is 0 Å². The molecule has 6 heteroatoms. The zero-order valence-corrected chi connectivity index (χ0v) is 12.2. The lowest BCUT2D eigenvalue weighted by Gasteiger charge is -2.36. The van der Waals surface area contributed by atoms with Crippen LogP contribution in [0, 0.1) is 5.92 Å². The summed E-state index contributed by atoms with van der Waals surface area (Å²) in [5.74, 6) is -0.382. The lowest BCUT2D eigenvalue weighted by molar-refractivity contribution is -0.0779. The van der Waals surface area contributed by atoms with Crippen LogP contribution in [0.5, 0.6) is 0 Å². The third-order valence-electron chi connectivity index (χ3n) is 3.69. The molecule has 5 nitrogen and oxygen atoms in total. The van der Waals surface area contributed by atoms with Gasteiger partial charge in [-0.1, -0.05) is 30.7 Å². The summed E-state index contributed by atoms with van der Waals surface area (Å²) in [6.07, 6.45) is 2.28. The second kappa shape index (κ2) is 5.91. The van der Waals surface area contributed by atoms with E-state index in [-0.39, 0.29) is 12.5 Å². The number of benzene rings is 1. The van der Waals surface area contributed by atoms with Crippen LogP contribution in [0.1, 0.15) is 19.4 Å². The number of nitrogens with zero attached hydrogens (tertiary/aromatic N) is 3. The van der Waals surface area contributed by atoms with Crippen molar-refractivity contribution < 1.29 is 10.2 Å². The summed E-state index contributed by atoms with van der Waals surface area (Å²) in [6.45, 7) is 3.67. The predicted octanol–water partition coefficient (Wildman–Crippen LogP) is 1.84. The summed E-state index contributed by atoms with van der Waals surface area (Å²) in [5, 5.41) is 25.6. The zero-order valence-electron chi connectivity index (χ0n) is 11.4. The van der Waals surface area contributed by atoms with Crippen LogP contribution in [0.25, 0.3) is 0 Å². The predicted molar refractivity (Wildman–Crippen MR) is 76.2 cm³/mol. The van der Waals surface area contributed by atoms with Gasteiger partial charge in [0.2, 0.25) is 0 Å². The molecule has 0 amide bonds. The van der Waals surface area contributed by atoms with E-state index < -0.39 is 11.7 Å². The van der Waals surface area contributed by atoms with Crippen LogP contribution in [0.3, 0.4) is 0 Å². The van der Waals surface area contributed by atoms with E-state index >= 15 is 0 Å². The highest BCUT2D eigenvalue weighted by molar-refractivity contribution is 6.30. The SMILES string of the molecule is CC(O)[C@@H](C)C(O)(Cn1cncn1)c1ccc(Cl)cc1. The molecule has 1 aromatic carbocycles. The van der Waals surface area contributed by atoms with Gasteiger partial charge in [-0.3, -0.25) is 0 Å². The summed E-state index contributed by atoms with van der Waals surface area (Å²) in [7, 11) is 0. The fourth-order valence-corrected chi connectivity index (χ4v) is 2.32. The van der Waals surface area contributed by atoms with Gasteiger partial charge < -0.3 is 10.2 Å². The first-order chi connectivity index (χ1) is 9.43. The molecular formula is C14H18ClN3O2. The average Bonchev–Trinajstić information content (AvgIpc) is 2.91. The van der Waals surface area contributed by atoms with E-state index in [0.717, 1.165) is 0 Å². The summed E-state index contributed by atoms with van der Waals surface area (Å²) >= 11 is 5.89. The molecule has 1 heterocycles. The Kier molecular flexibility index (Phi) is 4.42. The molecule has 3 atom stereocenters. The smallest absolute Gasteiger partial charge is 0.137 e. The molecule has 2 unspecified atom stereocenters. The molecule has 1 aromatic heterocycles. The summed E-state index contributed by atoms with van der Waals surface area (Å²) in [4.78, 5) is 3.88. The lowest BCUT2D eigenvalue weighted by Crippen LogP contribution is -2.43. The van der Waals surface area contributed by atoms with E-state index in [1.807, 2.05) is 0 Å². The Morgan fingerprint density at radius 1 is 1.30 bits per heavy atom. The van der Waals surface area contributed by atoms with E-state index in [2.05, 4.69) is 10.1 Å². The van der Waals surface area contributed by atoms with Gasteiger partial charge in [0.05, 0.1) is 12.6 Å². The molecule has 2 N–H and O–H groups in total. The van der Waals surface area contributed by atoms with E-state index in [4.69, 9.17) is 11.6 Å². The number of hydrogen-bond acceptors (Lipinski definition) is 4. The quantitative estimate of drug-likeness (QED) is 0.883. The topological polar surface area (TPSA) is 71.2 Å². The maximum absolute atomic E-state index is 11.1. The molecule has 20 heavy (non-hydrogen) atoms. The van der Waals surface area contributed by atoms with Gasteiger partial charge in [-0.05, 0) is 24.6 Å². The summed E-state index contributed by atoms with van der Waals surface area (Å²) < 4.78 is 1.55. The minimum atomic E-state index is -1.26. The third kappa shape index (κ3) is 3.00. The van der Waals surface area contributed by atoms with Crippen molar-refractivity contribution in [1.29, 1.82) is 0 Å². The first kappa shape index (κ1) is 15.0. The van der Waals surface area contributed by atoms with Gasteiger partial charge in [-0.2, -0.15) is 5.10 Å². The molecule has 0 aliphatic carbocycles. The molecule has 0 radical (unpaired) electrons. The Hall–Kier alpha value is -1.43. The number of aliphatic hydroxyl groups excluding tert-OH is 1. The number of aromatic nitrogens is 3. The van der Waals surface area contributed by atoms with Crippen molar-refractivity contribution in [3.8, 4) is 0 Å². The molecule has 0 aliphatic heterocycles. The van der Waals surface area contributed by atoms with Gasteiger partial charge in [-0.25, -0.2) is 9.67 Å². The van der Waals surface area contributed by atoms with Crippen molar-refractivity contribution in [2.45, 2.75) is 32.1 Å². The van der Waals surface area contributed by atoms with Crippen molar-refractivity contribution in [3.63, 3.8) is 0 Å².